The highest BCUT2D eigenvalue weighted by atomic mass is 32.1. The van der Waals surface area contributed by atoms with Crippen molar-refractivity contribution in [2.24, 2.45) is 0 Å². The van der Waals surface area contributed by atoms with Crippen LogP contribution in [-0.4, -0.2) is 13.1 Å². The van der Waals surface area contributed by atoms with E-state index in [4.69, 9.17) is 0 Å². The quantitative estimate of drug-likeness (QED) is 0.785. The Labute approximate surface area is 130 Å². The minimum absolute atomic E-state index is 0.190. The van der Waals surface area contributed by atoms with Crippen LogP contribution in [0.2, 0.25) is 0 Å². The van der Waals surface area contributed by atoms with E-state index in [2.05, 4.69) is 47.3 Å². The molecule has 0 saturated carbocycles. The summed E-state index contributed by atoms with van der Waals surface area (Å²) >= 11 is 1.65. The van der Waals surface area contributed by atoms with Crippen molar-refractivity contribution in [1.82, 2.24) is 0 Å². The summed E-state index contributed by atoms with van der Waals surface area (Å²) in [7, 11) is 1.42. The number of thiophene rings is 1. The molecule has 0 aliphatic heterocycles. The van der Waals surface area contributed by atoms with E-state index in [1.807, 2.05) is 6.07 Å². The molecule has 112 valence electrons. The molecular weight excluding hydrogens is 282 g/mol. The van der Waals surface area contributed by atoms with Gasteiger partial charge in [0, 0.05) is 22.0 Å². The van der Waals surface area contributed by atoms with Gasteiger partial charge in [0.2, 0.25) is 0 Å². The van der Waals surface area contributed by atoms with Gasteiger partial charge in [-0.3, -0.25) is 4.79 Å². The Morgan fingerprint density at radius 3 is 2.71 bits per heavy atom. The molecule has 0 unspecified atom stereocenters. The zero-order chi connectivity index (χ0) is 15.1. The van der Waals surface area contributed by atoms with E-state index in [0.29, 0.717) is 6.42 Å². The topological polar surface area (TPSA) is 38.3 Å². The molecule has 2 rings (SSSR count). The number of esters is 1. The van der Waals surface area contributed by atoms with Crippen LogP contribution in [-0.2, 0) is 28.9 Å². The number of carbonyl (C=O) groups excluding carboxylic acids is 1. The van der Waals surface area contributed by atoms with Gasteiger partial charge in [0.1, 0.15) is 0 Å². The summed E-state index contributed by atoms with van der Waals surface area (Å²) in [5, 5.41) is 3.49. The second kappa shape index (κ2) is 7.84. The Bertz CT molecular complexity index is 592. The average Bonchev–Trinajstić information content (AvgIpc) is 2.94. The molecule has 0 radical (unpaired) electrons. The molecule has 3 nitrogen and oxygen atoms in total. The zero-order valence-corrected chi connectivity index (χ0v) is 13.3. The molecule has 0 atom stereocenters. The van der Waals surface area contributed by atoms with Crippen LogP contribution in [0.4, 0.5) is 5.69 Å². The summed E-state index contributed by atoms with van der Waals surface area (Å²) in [6.45, 7) is 2.97. The van der Waals surface area contributed by atoms with Crippen molar-refractivity contribution in [3.05, 3.63) is 51.7 Å². The Hall–Kier alpha value is -1.81. The third-order valence-electron chi connectivity index (χ3n) is 3.25. The SMILES string of the molecule is CCCc1ccccc1NCc1ccc(CC(=O)OC)s1. The largest absolute Gasteiger partial charge is 0.469 e. The molecular formula is C17H21NO2S. The molecule has 0 fully saturated rings. The van der Waals surface area contributed by atoms with Gasteiger partial charge < -0.3 is 10.1 Å². The van der Waals surface area contributed by atoms with Crippen LogP contribution in [0, 0.1) is 0 Å². The van der Waals surface area contributed by atoms with Crippen molar-refractivity contribution in [3.8, 4) is 0 Å². The number of nitrogens with one attached hydrogen (secondary N) is 1. The van der Waals surface area contributed by atoms with Crippen molar-refractivity contribution < 1.29 is 9.53 Å². The van der Waals surface area contributed by atoms with Crippen LogP contribution in [0.15, 0.2) is 36.4 Å². The molecule has 1 heterocycles. The van der Waals surface area contributed by atoms with Gasteiger partial charge >= 0.3 is 5.97 Å². The van der Waals surface area contributed by atoms with E-state index in [1.165, 1.54) is 23.2 Å². The number of hydrogen-bond acceptors (Lipinski definition) is 4. The first-order chi connectivity index (χ1) is 10.2. The number of benzene rings is 1. The number of anilines is 1. The Morgan fingerprint density at radius 2 is 1.95 bits per heavy atom. The molecule has 0 aliphatic carbocycles. The van der Waals surface area contributed by atoms with Gasteiger partial charge in [0.05, 0.1) is 13.5 Å². The van der Waals surface area contributed by atoms with Gasteiger partial charge in [-0.15, -0.1) is 11.3 Å². The molecule has 4 heteroatoms. The molecule has 1 aromatic carbocycles. The zero-order valence-electron chi connectivity index (χ0n) is 12.5. The van der Waals surface area contributed by atoms with Gasteiger partial charge in [0.25, 0.3) is 0 Å². The van der Waals surface area contributed by atoms with E-state index < -0.39 is 0 Å². The normalized spacial score (nSPS) is 10.4. The molecule has 0 spiro atoms. The first-order valence-electron chi connectivity index (χ1n) is 7.19. The van der Waals surface area contributed by atoms with Gasteiger partial charge in [-0.05, 0) is 30.2 Å². The van der Waals surface area contributed by atoms with E-state index in [0.717, 1.165) is 24.3 Å². The lowest BCUT2D eigenvalue weighted by Crippen LogP contribution is -2.02. The van der Waals surface area contributed by atoms with Crippen LogP contribution in [0.5, 0.6) is 0 Å². The summed E-state index contributed by atoms with van der Waals surface area (Å²) < 4.78 is 4.69. The minimum Gasteiger partial charge on any atom is -0.469 e. The van der Waals surface area contributed by atoms with Crippen molar-refractivity contribution in [2.75, 3.05) is 12.4 Å². The summed E-state index contributed by atoms with van der Waals surface area (Å²) in [5.74, 6) is -0.190. The number of aryl methyl sites for hydroxylation is 1. The maximum atomic E-state index is 11.3. The van der Waals surface area contributed by atoms with Crippen molar-refractivity contribution in [2.45, 2.75) is 32.7 Å². The Balaban J connectivity index is 1.95. The predicted molar refractivity (Wildman–Crippen MR) is 87.8 cm³/mol. The Kier molecular flexibility index (Phi) is 5.81. The first kappa shape index (κ1) is 15.6. The van der Waals surface area contributed by atoms with Crippen molar-refractivity contribution >= 4 is 23.0 Å². The molecule has 0 aliphatic rings. The number of methoxy groups -OCH3 is 1. The molecule has 0 amide bonds. The Morgan fingerprint density at radius 1 is 1.19 bits per heavy atom. The summed E-state index contributed by atoms with van der Waals surface area (Å²) in [5.41, 5.74) is 2.55. The summed E-state index contributed by atoms with van der Waals surface area (Å²) in [6, 6.07) is 12.5. The van der Waals surface area contributed by atoms with Crippen molar-refractivity contribution in [3.63, 3.8) is 0 Å². The minimum atomic E-state index is -0.190. The lowest BCUT2D eigenvalue weighted by Gasteiger charge is -2.10. The number of rotatable bonds is 7. The maximum Gasteiger partial charge on any atom is 0.310 e. The van der Waals surface area contributed by atoms with Gasteiger partial charge in [-0.2, -0.15) is 0 Å². The fourth-order valence-electron chi connectivity index (χ4n) is 2.19. The lowest BCUT2D eigenvalue weighted by atomic mass is 10.1. The average molecular weight is 303 g/mol. The predicted octanol–water partition coefficient (Wildman–Crippen LogP) is 4.03. The molecule has 0 saturated heterocycles. The van der Waals surface area contributed by atoms with Gasteiger partial charge in [-0.25, -0.2) is 0 Å². The fraction of sp³-hybridized carbons (Fsp3) is 0.353. The molecule has 21 heavy (non-hydrogen) atoms. The van der Waals surface area contributed by atoms with Crippen LogP contribution in [0.25, 0.3) is 0 Å². The molecule has 0 bridgehead atoms. The number of carbonyl (C=O) groups is 1. The third kappa shape index (κ3) is 4.60. The second-order valence-corrected chi connectivity index (χ2v) is 6.13. The highest BCUT2D eigenvalue weighted by Gasteiger charge is 2.07. The van der Waals surface area contributed by atoms with Crippen LogP contribution in [0.3, 0.4) is 0 Å². The third-order valence-corrected chi connectivity index (χ3v) is 4.34. The van der Waals surface area contributed by atoms with E-state index in [1.54, 1.807) is 11.3 Å². The molecule has 1 N–H and O–H groups in total. The van der Waals surface area contributed by atoms with Gasteiger partial charge in [0.15, 0.2) is 0 Å². The van der Waals surface area contributed by atoms with E-state index in [-0.39, 0.29) is 5.97 Å². The van der Waals surface area contributed by atoms with E-state index >= 15 is 0 Å². The highest BCUT2D eigenvalue weighted by Crippen LogP contribution is 2.21. The molecule has 2 aromatic rings. The first-order valence-corrected chi connectivity index (χ1v) is 8.00. The van der Waals surface area contributed by atoms with Crippen LogP contribution < -0.4 is 5.32 Å². The van der Waals surface area contributed by atoms with Crippen LogP contribution >= 0.6 is 11.3 Å². The standard InChI is InChI=1S/C17H21NO2S/c1-3-6-13-7-4-5-8-16(13)18-12-15-10-9-14(21-15)11-17(19)20-2/h4-5,7-10,18H,3,6,11-12H2,1-2H3. The second-order valence-electron chi connectivity index (χ2n) is 4.88. The summed E-state index contributed by atoms with van der Waals surface area (Å²) in [4.78, 5) is 13.5. The molecule has 1 aromatic heterocycles. The highest BCUT2D eigenvalue weighted by molar-refractivity contribution is 7.12. The van der Waals surface area contributed by atoms with Crippen LogP contribution in [0.1, 0.15) is 28.7 Å². The number of para-hydroxylation sites is 1. The van der Waals surface area contributed by atoms with Crippen molar-refractivity contribution in [1.29, 1.82) is 0 Å². The van der Waals surface area contributed by atoms with Gasteiger partial charge in [-0.1, -0.05) is 31.5 Å². The summed E-state index contributed by atoms with van der Waals surface area (Å²) in [6.07, 6.45) is 2.58. The lowest BCUT2D eigenvalue weighted by molar-refractivity contribution is -0.139. The van der Waals surface area contributed by atoms with E-state index in [9.17, 15) is 4.79 Å². The smallest absolute Gasteiger partial charge is 0.310 e. The monoisotopic (exact) mass is 303 g/mol. The number of ether oxygens (including phenoxy) is 1. The maximum absolute atomic E-state index is 11.3. The number of hydrogen-bond donors (Lipinski definition) is 1. The fourth-order valence-corrected chi connectivity index (χ4v) is 3.13.